The van der Waals surface area contributed by atoms with E-state index in [2.05, 4.69) is 37.7 Å². The molecule has 2 aromatic rings. The summed E-state index contributed by atoms with van der Waals surface area (Å²) in [6, 6.07) is 10.4. The molecule has 1 aromatic heterocycles. The van der Waals surface area contributed by atoms with Crippen molar-refractivity contribution < 1.29 is 14.3 Å². The number of ether oxygens (including phenoxy) is 1. The fourth-order valence-corrected chi connectivity index (χ4v) is 3.10. The van der Waals surface area contributed by atoms with Gasteiger partial charge in [0.2, 0.25) is 5.91 Å². The first-order valence-corrected chi connectivity index (χ1v) is 10.0. The Kier molecular flexibility index (Phi) is 8.30. The van der Waals surface area contributed by atoms with E-state index < -0.39 is 6.04 Å². The van der Waals surface area contributed by atoms with Crippen molar-refractivity contribution in [2.75, 3.05) is 25.2 Å². The van der Waals surface area contributed by atoms with Crippen molar-refractivity contribution in [1.82, 2.24) is 10.3 Å². The van der Waals surface area contributed by atoms with Gasteiger partial charge < -0.3 is 10.1 Å². The van der Waals surface area contributed by atoms with Crippen LogP contribution in [0.3, 0.4) is 0 Å². The Morgan fingerprint density at radius 2 is 1.93 bits per heavy atom. The Labute approximate surface area is 179 Å². The molecule has 0 aliphatic rings. The van der Waals surface area contributed by atoms with Gasteiger partial charge in [-0.05, 0) is 41.7 Å². The number of methoxy groups -OCH3 is 1. The van der Waals surface area contributed by atoms with E-state index in [0.717, 1.165) is 5.56 Å². The van der Waals surface area contributed by atoms with Gasteiger partial charge in [-0.3, -0.25) is 19.5 Å². The minimum Gasteiger partial charge on any atom is -0.385 e. The topological polar surface area (TPSA) is 71.5 Å². The van der Waals surface area contributed by atoms with Crippen molar-refractivity contribution in [2.24, 2.45) is 0 Å². The zero-order valence-corrected chi connectivity index (χ0v) is 18.2. The standard InChI is InChI=1S/C24H31N3O3/c1-6-21(28)27(20-12-10-19(11-13-20)24(2,3)4)22(18-9-7-14-25-17-18)23(29)26-15-8-16-30-5/h6-7,9-14,17,22H,1,8,15-16H2,2-5H3,(H,26,29). The Hall–Kier alpha value is -2.99. The molecule has 1 unspecified atom stereocenters. The van der Waals surface area contributed by atoms with Crippen LogP contribution in [-0.4, -0.2) is 37.1 Å². The van der Waals surface area contributed by atoms with Crippen molar-refractivity contribution >= 4 is 17.5 Å². The summed E-state index contributed by atoms with van der Waals surface area (Å²) < 4.78 is 5.04. The highest BCUT2D eigenvalue weighted by molar-refractivity contribution is 6.06. The molecule has 6 heteroatoms. The number of carbonyl (C=O) groups is 2. The normalized spacial score (nSPS) is 12.1. The molecule has 1 N–H and O–H groups in total. The maximum atomic E-state index is 13.2. The summed E-state index contributed by atoms with van der Waals surface area (Å²) in [6.07, 6.45) is 5.14. The number of amides is 2. The third-order valence-electron chi connectivity index (χ3n) is 4.75. The highest BCUT2D eigenvalue weighted by atomic mass is 16.5. The summed E-state index contributed by atoms with van der Waals surface area (Å²) in [7, 11) is 1.62. The van der Waals surface area contributed by atoms with E-state index in [1.54, 1.807) is 31.6 Å². The summed E-state index contributed by atoms with van der Waals surface area (Å²) in [5.41, 5.74) is 2.36. The number of hydrogen-bond acceptors (Lipinski definition) is 4. The minimum atomic E-state index is -0.868. The molecule has 0 saturated carbocycles. The van der Waals surface area contributed by atoms with Crippen molar-refractivity contribution in [2.45, 2.75) is 38.6 Å². The first-order valence-electron chi connectivity index (χ1n) is 10.0. The van der Waals surface area contributed by atoms with E-state index in [-0.39, 0.29) is 17.2 Å². The second kappa shape index (κ2) is 10.7. The molecule has 30 heavy (non-hydrogen) atoms. The molecule has 0 aliphatic carbocycles. The van der Waals surface area contributed by atoms with Crippen LogP contribution in [0.15, 0.2) is 61.4 Å². The van der Waals surface area contributed by atoms with Gasteiger partial charge in [0.25, 0.3) is 5.91 Å². The number of aromatic nitrogens is 1. The first-order chi connectivity index (χ1) is 14.3. The largest absolute Gasteiger partial charge is 0.385 e. The molecule has 0 bridgehead atoms. The number of nitrogens with zero attached hydrogens (tertiary/aromatic N) is 2. The van der Waals surface area contributed by atoms with Gasteiger partial charge in [-0.15, -0.1) is 0 Å². The van der Waals surface area contributed by atoms with Crippen molar-refractivity contribution in [3.05, 3.63) is 72.6 Å². The molecular formula is C24H31N3O3. The maximum absolute atomic E-state index is 13.2. The van der Waals surface area contributed by atoms with Gasteiger partial charge in [0, 0.05) is 43.9 Å². The maximum Gasteiger partial charge on any atom is 0.251 e. The average Bonchev–Trinajstić information content (AvgIpc) is 2.74. The number of carbonyl (C=O) groups excluding carboxylic acids is 2. The van der Waals surface area contributed by atoms with Crippen LogP contribution in [0.25, 0.3) is 0 Å². The van der Waals surface area contributed by atoms with Crippen LogP contribution in [0.1, 0.15) is 44.4 Å². The number of rotatable bonds is 9. The van der Waals surface area contributed by atoms with E-state index in [1.807, 2.05) is 24.3 Å². The highest BCUT2D eigenvalue weighted by Gasteiger charge is 2.32. The smallest absolute Gasteiger partial charge is 0.251 e. The highest BCUT2D eigenvalue weighted by Crippen LogP contribution is 2.30. The monoisotopic (exact) mass is 409 g/mol. The molecule has 0 spiro atoms. The molecule has 0 radical (unpaired) electrons. The molecule has 2 amide bonds. The lowest BCUT2D eigenvalue weighted by Crippen LogP contribution is -2.43. The summed E-state index contributed by atoms with van der Waals surface area (Å²) in [5, 5.41) is 2.91. The fourth-order valence-electron chi connectivity index (χ4n) is 3.10. The second-order valence-electron chi connectivity index (χ2n) is 8.04. The van der Waals surface area contributed by atoms with E-state index in [4.69, 9.17) is 4.74 Å². The fraction of sp³-hybridized carbons (Fsp3) is 0.375. The molecule has 2 rings (SSSR count). The predicted octanol–water partition coefficient (Wildman–Crippen LogP) is 3.79. The Morgan fingerprint density at radius 3 is 2.47 bits per heavy atom. The first kappa shape index (κ1) is 23.3. The van der Waals surface area contributed by atoms with Crippen LogP contribution in [0.2, 0.25) is 0 Å². The lowest BCUT2D eigenvalue weighted by molar-refractivity contribution is -0.125. The Morgan fingerprint density at radius 1 is 1.23 bits per heavy atom. The Balaban J connectivity index is 2.45. The molecule has 1 heterocycles. The van der Waals surface area contributed by atoms with Gasteiger partial charge in [0.05, 0.1) is 0 Å². The van der Waals surface area contributed by atoms with Crippen molar-refractivity contribution in [1.29, 1.82) is 0 Å². The lowest BCUT2D eigenvalue weighted by atomic mass is 9.87. The van der Waals surface area contributed by atoms with Gasteiger partial charge in [0.1, 0.15) is 6.04 Å². The van der Waals surface area contributed by atoms with Crippen molar-refractivity contribution in [3.63, 3.8) is 0 Å². The Bertz CT molecular complexity index is 842. The summed E-state index contributed by atoms with van der Waals surface area (Å²) >= 11 is 0. The number of pyridine rings is 1. The molecule has 1 atom stereocenters. The number of anilines is 1. The van der Waals surface area contributed by atoms with Gasteiger partial charge in [-0.25, -0.2) is 0 Å². The van der Waals surface area contributed by atoms with Crippen LogP contribution in [0.5, 0.6) is 0 Å². The summed E-state index contributed by atoms with van der Waals surface area (Å²) in [4.78, 5) is 31.6. The molecule has 0 saturated heterocycles. The summed E-state index contributed by atoms with van der Waals surface area (Å²) in [6.45, 7) is 11.0. The van der Waals surface area contributed by atoms with E-state index in [1.165, 1.54) is 11.0 Å². The van der Waals surface area contributed by atoms with Gasteiger partial charge in [0.15, 0.2) is 0 Å². The van der Waals surface area contributed by atoms with Crippen molar-refractivity contribution in [3.8, 4) is 0 Å². The van der Waals surface area contributed by atoms with Crippen LogP contribution in [0.4, 0.5) is 5.69 Å². The SMILES string of the molecule is C=CC(=O)N(c1ccc(C(C)(C)C)cc1)C(C(=O)NCCCOC)c1cccnc1. The van der Waals surface area contributed by atoms with Crippen LogP contribution in [-0.2, 0) is 19.7 Å². The van der Waals surface area contributed by atoms with E-state index >= 15 is 0 Å². The number of hydrogen-bond donors (Lipinski definition) is 1. The zero-order valence-electron chi connectivity index (χ0n) is 18.2. The molecule has 0 fully saturated rings. The molecule has 6 nitrogen and oxygen atoms in total. The molecular weight excluding hydrogens is 378 g/mol. The minimum absolute atomic E-state index is 0.0206. The lowest BCUT2D eigenvalue weighted by Gasteiger charge is -2.31. The molecule has 0 aliphatic heterocycles. The van der Waals surface area contributed by atoms with Crippen LogP contribution >= 0.6 is 0 Å². The predicted molar refractivity (Wildman–Crippen MR) is 119 cm³/mol. The molecule has 1 aromatic carbocycles. The zero-order chi connectivity index (χ0) is 22.1. The third kappa shape index (κ3) is 6.00. The molecule has 160 valence electrons. The van der Waals surface area contributed by atoms with Crippen LogP contribution < -0.4 is 10.2 Å². The average molecular weight is 410 g/mol. The van der Waals surface area contributed by atoms with Crippen LogP contribution in [0, 0.1) is 0 Å². The third-order valence-corrected chi connectivity index (χ3v) is 4.75. The number of benzene rings is 1. The van der Waals surface area contributed by atoms with Gasteiger partial charge in [-0.2, -0.15) is 0 Å². The second-order valence-corrected chi connectivity index (χ2v) is 8.04. The van der Waals surface area contributed by atoms with E-state index in [0.29, 0.717) is 30.8 Å². The van der Waals surface area contributed by atoms with E-state index in [9.17, 15) is 9.59 Å². The number of nitrogens with one attached hydrogen (secondary N) is 1. The summed E-state index contributed by atoms with van der Waals surface area (Å²) in [5.74, 6) is -0.645. The quantitative estimate of drug-likeness (QED) is 0.505. The van der Waals surface area contributed by atoms with Gasteiger partial charge >= 0.3 is 0 Å². The van der Waals surface area contributed by atoms with Gasteiger partial charge in [-0.1, -0.05) is 45.5 Å².